The molecule has 0 atom stereocenters. The van der Waals surface area contributed by atoms with Gasteiger partial charge in [0, 0.05) is 49.3 Å². The molecule has 1 aliphatic heterocycles. The molecule has 1 aromatic carbocycles. The third-order valence-electron chi connectivity index (χ3n) is 4.99. The number of aromatic nitrogens is 1. The van der Waals surface area contributed by atoms with Crippen molar-refractivity contribution in [1.29, 1.82) is 0 Å². The Balaban J connectivity index is 1.55. The lowest BCUT2D eigenvalue weighted by atomic mass is 10.1. The van der Waals surface area contributed by atoms with Crippen molar-refractivity contribution < 1.29 is 13.9 Å². The van der Waals surface area contributed by atoms with Crippen LogP contribution < -0.4 is 10.6 Å². The number of amides is 1. The number of carbonyl (C=O) groups is 1. The van der Waals surface area contributed by atoms with E-state index in [9.17, 15) is 9.18 Å². The summed E-state index contributed by atoms with van der Waals surface area (Å²) in [6.07, 6.45) is 4.07. The molecule has 1 amide bonds. The fraction of sp³-hybridized carbons (Fsp3) is 0.500. The third-order valence-corrected chi connectivity index (χ3v) is 4.99. The SMILES string of the molecule is CCNC(=NCCc1c[nH]c2ccc(F)cc12)NC1CCN(C(=O)OC)CC1. The van der Waals surface area contributed by atoms with Crippen LogP contribution >= 0.6 is 0 Å². The predicted molar refractivity (Wildman–Crippen MR) is 108 cm³/mol. The standard InChI is InChI=1S/C20H28FN5O2/c1-3-22-19(25-16-7-10-26(11-8-16)20(27)28-2)23-9-6-14-13-24-18-5-4-15(21)12-17(14)18/h4-5,12-13,16,24H,3,6-11H2,1-2H3,(H2,22,23,25). The summed E-state index contributed by atoms with van der Waals surface area (Å²) in [5, 5.41) is 7.63. The van der Waals surface area contributed by atoms with Crippen molar-refractivity contribution in [2.45, 2.75) is 32.2 Å². The summed E-state index contributed by atoms with van der Waals surface area (Å²) in [5.41, 5.74) is 1.99. The van der Waals surface area contributed by atoms with Gasteiger partial charge in [0.25, 0.3) is 0 Å². The number of rotatable bonds is 5. The lowest BCUT2D eigenvalue weighted by molar-refractivity contribution is 0.111. The van der Waals surface area contributed by atoms with Crippen molar-refractivity contribution in [2.24, 2.45) is 4.99 Å². The Kier molecular flexibility index (Phi) is 6.73. The van der Waals surface area contributed by atoms with Crippen LogP contribution in [-0.2, 0) is 11.2 Å². The zero-order valence-corrected chi connectivity index (χ0v) is 16.4. The minimum Gasteiger partial charge on any atom is -0.453 e. The Morgan fingerprint density at radius 3 is 2.89 bits per heavy atom. The Labute approximate surface area is 164 Å². The molecular formula is C20H28FN5O2. The van der Waals surface area contributed by atoms with Crippen molar-refractivity contribution in [3.63, 3.8) is 0 Å². The topological polar surface area (TPSA) is 81.8 Å². The number of guanidine groups is 1. The zero-order chi connectivity index (χ0) is 19.9. The number of carbonyl (C=O) groups excluding carboxylic acids is 1. The number of hydrogen-bond acceptors (Lipinski definition) is 3. The molecule has 1 aromatic heterocycles. The molecule has 3 N–H and O–H groups in total. The van der Waals surface area contributed by atoms with Gasteiger partial charge in [0.2, 0.25) is 0 Å². The van der Waals surface area contributed by atoms with Gasteiger partial charge < -0.3 is 25.3 Å². The van der Waals surface area contributed by atoms with E-state index in [0.29, 0.717) is 19.6 Å². The smallest absolute Gasteiger partial charge is 0.409 e. The Morgan fingerprint density at radius 1 is 1.39 bits per heavy atom. The molecule has 1 aliphatic rings. The Morgan fingerprint density at radius 2 is 2.18 bits per heavy atom. The molecule has 3 rings (SSSR count). The minimum atomic E-state index is -0.269. The second-order valence-corrected chi connectivity index (χ2v) is 6.89. The summed E-state index contributed by atoms with van der Waals surface area (Å²) < 4.78 is 18.3. The molecule has 2 heterocycles. The van der Waals surface area contributed by atoms with E-state index in [1.807, 2.05) is 13.1 Å². The average Bonchev–Trinajstić information content (AvgIpc) is 3.10. The van der Waals surface area contributed by atoms with E-state index >= 15 is 0 Å². The van der Waals surface area contributed by atoms with Gasteiger partial charge in [-0.1, -0.05) is 0 Å². The van der Waals surface area contributed by atoms with Gasteiger partial charge in [0.1, 0.15) is 5.82 Å². The van der Waals surface area contributed by atoms with Crippen LogP contribution in [0.3, 0.4) is 0 Å². The van der Waals surface area contributed by atoms with E-state index in [2.05, 4.69) is 20.6 Å². The van der Waals surface area contributed by atoms with Crippen LogP contribution in [0.2, 0.25) is 0 Å². The highest BCUT2D eigenvalue weighted by Crippen LogP contribution is 2.19. The first-order valence-electron chi connectivity index (χ1n) is 9.74. The van der Waals surface area contributed by atoms with E-state index in [4.69, 9.17) is 4.74 Å². The van der Waals surface area contributed by atoms with E-state index in [-0.39, 0.29) is 18.0 Å². The number of aromatic amines is 1. The minimum absolute atomic E-state index is 0.231. The predicted octanol–water partition coefficient (Wildman–Crippen LogP) is 2.64. The van der Waals surface area contributed by atoms with Crippen LogP contribution in [0.1, 0.15) is 25.3 Å². The van der Waals surface area contributed by atoms with Crippen molar-refractivity contribution in [1.82, 2.24) is 20.5 Å². The number of hydrogen-bond donors (Lipinski definition) is 3. The highest BCUT2D eigenvalue weighted by molar-refractivity contribution is 5.83. The summed E-state index contributed by atoms with van der Waals surface area (Å²) in [6.45, 7) is 4.74. The van der Waals surface area contributed by atoms with Gasteiger partial charge in [-0.2, -0.15) is 0 Å². The lowest BCUT2D eigenvalue weighted by Gasteiger charge is -2.32. The second kappa shape index (κ2) is 9.43. The van der Waals surface area contributed by atoms with Gasteiger partial charge in [0.15, 0.2) is 5.96 Å². The molecule has 7 nitrogen and oxygen atoms in total. The molecule has 8 heteroatoms. The summed E-state index contributed by atoms with van der Waals surface area (Å²) in [4.78, 5) is 21.1. The van der Waals surface area contributed by atoms with Gasteiger partial charge in [-0.25, -0.2) is 9.18 Å². The number of ether oxygens (including phenoxy) is 1. The maximum Gasteiger partial charge on any atom is 0.409 e. The fourth-order valence-corrected chi connectivity index (χ4v) is 3.49. The van der Waals surface area contributed by atoms with Crippen molar-refractivity contribution in [3.05, 3.63) is 35.8 Å². The molecule has 0 unspecified atom stereocenters. The molecule has 0 spiro atoms. The van der Waals surface area contributed by atoms with Crippen molar-refractivity contribution in [3.8, 4) is 0 Å². The van der Waals surface area contributed by atoms with Crippen LogP contribution in [0, 0.1) is 5.82 Å². The molecule has 0 bridgehead atoms. The van der Waals surface area contributed by atoms with Gasteiger partial charge in [-0.15, -0.1) is 0 Å². The van der Waals surface area contributed by atoms with Crippen LogP contribution in [-0.4, -0.2) is 61.3 Å². The molecular weight excluding hydrogens is 361 g/mol. The molecule has 2 aromatic rings. The summed E-state index contributed by atoms with van der Waals surface area (Å²) in [6, 6.07) is 5.04. The highest BCUT2D eigenvalue weighted by Gasteiger charge is 2.23. The normalized spacial score (nSPS) is 15.7. The number of fused-ring (bicyclic) bond motifs is 1. The molecule has 0 aliphatic carbocycles. The van der Waals surface area contributed by atoms with Gasteiger partial charge >= 0.3 is 6.09 Å². The number of benzene rings is 1. The van der Waals surface area contributed by atoms with Crippen LogP contribution in [0.4, 0.5) is 9.18 Å². The number of piperidine rings is 1. The second-order valence-electron chi connectivity index (χ2n) is 6.89. The average molecular weight is 389 g/mol. The first kappa shape index (κ1) is 20.0. The van der Waals surface area contributed by atoms with E-state index in [1.54, 1.807) is 17.0 Å². The van der Waals surface area contributed by atoms with E-state index in [1.165, 1.54) is 13.2 Å². The molecule has 0 radical (unpaired) electrons. The van der Waals surface area contributed by atoms with Crippen LogP contribution in [0.15, 0.2) is 29.4 Å². The number of nitrogens with one attached hydrogen (secondary N) is 3. The number of methoxy groups -OCH3 is 1. The number of likely N-dealkylation sites (tertiary alicyclic amines) is 1. The van der Waals surface area contributed by atoms with Crippen LogP contribution in [0.25, 0.3) is 10.9 Å². The summed E-state index contributed by atoms with van der Waals surface area (Å²) >= 11 is 0. The third kappa shape index (κ3) is 4.94. The Hall–Kier alpha value is -2.77. The van der Waals surface area contributed by atoms with Crippen LogP contribution in [0.5, 0.6) is 0 Å². The first-order valence-corrected chi connectivity index (χ1v) is 9.74. The highest BCUT2D eigenvalue weighted by atomic mass is 19.1. The summed E-state index contributed by atoms with van der Waals surface area (Å²) in [7, 11) is 1.41. The first-order chi connectivity index (χ1) is 13.6. The summed E-state index contributed by atoms with van der Waals surface area (Å²) in [5.74, 6) is 0.537. The van der Waals surface area contributed by atoms with E-state index < -0.39 is 0 Å². The van der Waals surface area contributed by atoms with Crippen molar-refractivity contribution in [2.75, 3.05) is 33.3 Å². The largest absolute Gasteiger partial charge is 0.453 e. The lowest BCUT2D eigenvalue weighted by Crippen LogP contribution is -2.49. The quantitative estimate of drug-likeness (QED) is 0.542. The van der Waals surface area contributed by atoms with Crippen molar-refractivity contribution >= 4 is 23.0 Å². The van der Waals surface area contributed by atoms with Gasteiger partial charge in [0.05, 0.1) is 7.11 Å². The monoisotopic (exact) mass is 389 g/mol. The number of halogens is 1. The molecule has 28 heavy (non-hydrogen) atoms. The maximum atomic E-state index is 13.5. The van der Waals surface area contributed by atoms with Gasteiger partial charge in [-0.05, 0) is 49.9 Å². The van der Waals surface area contributed by atoms with E-state index in [0.717, 1.165) is 48.2 Å². The number of H-pyrrole nitrogens is 1. The maximum absolute atomic E-state index is 13.5. The molecule has 152 valence electrons. The molecule has 1 fully saturated rings. The molecule has 1 saturated heterocycles. The van der Waals surface area contributed by atoms with Gasteiger partial charge in [-0.3, -0.25) is 4.99 Å². The Bertz CT molecular complexity index is 827. The number of aliphatic imine (C=N–C) groups is 1. The molecule has 0 saturated carbocycles. The zero-order valence-electron chi connectivity index (χ0n) is 16.4. The number of nitrogens with zero attached hydrogens (tertiary/aromatic N) is 2. The fourth-order valence-electron chi connectivity index (χ4n) is 3.49.